The Bertz CT molecular complexity index is 749. The van der Waals surface area contributed by atoms with Gasteiger partial charge in [-0.3, -0.25) is 0 Å². The van der Waals surface area contributed by atoms with Gasteiger partial charge in [0, 0.05) is 23.3 Å². The molecule has 0 bridgehead atoms. The Morgan fingerprint density at radius 3 is 2.30 bits per heavy atom. The number of hydrogen-bond acceptors (Lipinski definition) is 2. The fourth-order valence-corrected chi connectivity index (χ4v) is 1.97. The van der Waals surface area contributed by atoms with E-state index < -0.39 is 11.7 Å². The van der Waals surface area contributed by atoms with Crippen LogP contribution in [0.5, 0.6) is 0 Å². The molecule has 0 spiro atoms. The van der Waals surface area contributed by atoms with Gasteiger partial charge in [0.2, 0.25) is 0 Å². The van der Waals surface area contributed by atoms with Crippen LogP contribution in [-0.4, -0.2) is 9.97 Å². The summed E-state index contributed by atoms with van der Waals surface area (Å²) in [4.78, 5) is 8.30. The molecule has 2 heterocycles. The average molecular weight is 274 g/mol. The Morgan fingerprint density at radius 2 is 1.60 bits per heavy atom. The highest BCUT2D eigenvalue weighted by atomic mass is 19.4. The van der Waals surface area contributed by atoms with Crippen molar-refractivity contribution >= 4 is 11.0 Å². The lowest BCUT2D eigenvalue weighted by Crippen LogP contribution is -2.03. The fraction of sp³-hybridized carbons (Fsp3) is 0.0667. The third-order valence-corrected chi connectivity index (χ3v) is 3.00. The van der Waals surface area contributed by atoms with Crippen molar-refractivity contribution in [1.29, 1.82) is 0 Å². The van der Waals surface area contributed by atoms with E-state index in [-0.39, 0.29) is 0 Å². The maximum Gasteiger partial charge on any atom is 0.416 e. The molecule has 1 aromatic carbocycles. The van der Waals surface area contributed by atoms with Gasteiger partial charge in [0.25, 0.3) is 0 Å². The Kier molecular flexibility index (Phi) is 2.89. The van der Waals surface area contributed by atoms with E-state index >= 15 is 0 Å². The number of benzene rings is 1. The molecule has 0 unspecified atom stereocenters. The summed E-state index contributed by atoms with van der Waals surface area (Å²) in [5.74, 6) is 0. The zero-order chi connectivity index (χ0) is 14.2. The molecule has 20 heavy (non-hydrogen) atoms. The van der Waals surface area contributed by atoms with Gasteiger partial charge in [-0.25, -0.2) is 9.97 Å². The summed E-state index contributed by atoms with van der Waals surface area (Å²) in [5, 5.41) is 0.852. The van der Waals surface area contributed by atoms with Crippen LogP contribution in [0.3, 0.4) is 0 Å². The van der Waals surface area contributed by atoms with Crippen LogP contribution >= 0.6 is 0 Å². The smallest absolute Gasteiger partial charge is 0.237 e. The zero-order valence-electron chi connectivity index (χ0n) is 10.2. The van der Waals surface area contributed by atoms with E-state index in [1.165, 1.54) is 12.1 Å². The molecule has 100 valence electrons. The van der Waals surface area contributed by atoms with Gasteiger partial charge in [0.15, 0.2) is 5.65 Å². The number of halogens is 3. The second-order valence-electron chi connectivity index (χ2n) is 4.35. The SMILES string of the molecule is FC(F)(F)c1ccc(-c2cnc3ncccc3c2)cc1. The monoisotopic (exact) mass is 274 g/mol. The Morgan fingerprint density at radius 1 is 0.850 bits per heavy atom. The minimum absolute atomic E-state index is 0.614. The van der Waals surface area contributed by atoms with Crippen LogP contribution in [0, 0.1) is 0 Å². The molecule has 0 saturated heterocycles. The predicted molar refractivity (Wildman–Crippen MR) is 70.0 cm³/mol. The molecule has 0 aliphatic rings. The van der Waals surface area contributed by atoms with Gasteiger partial charge in [-0.15, -0.1) is 0 Å². The summed E-state index contributed by atoms with van der Waals surface area (Å²) in [6, 6.07) is 10.6. The molecule has 0 amide bonds. The minimum Gasteiger partial charge on any atom is -0.237 e. The predicted octanol–water partition coefficient (Wildman–Crippen LogP) is 4.32. The number of fused-ring (bicyclic) bond motifs is 1. The summed E-state index contributed by atoms with van der Waals surface area (Å²) < 4.78 is 37.5. The van der Waals surface area contributed by atoms with E-state index in [2.05, 4.69) is 9.97 Å². The average Bonchev–Trinajstić information content (AvgIpc) is 2.46. The van der Waals surface area contributed by atoms with Crippen molar-refractivity contribution in [3.63, 3.8) is 0 Å². The van der Waals surface area contributed by atoms with Gasteiger partial charge < -0.3 is 0 Å². The normalized spacial score (nSPS) is 11.8. The van der Waals surface area contributed by atoms with Crippen LogP contribution in [0.4, 0.5) is 13.2 Å². The summed E-state index contributed by atoms with van der Waals surface area (Å²) in [6.45, 7) is 0. The van der Waals surface area contributed by atoms with Gasteiger partial charge in [-0.05, 0) is 35.9 Å². The molecule has 0 fully saturated rings. The van der Waals surface area contributed by atoms with Gasteiger partial charge >= 0.3 is 6.18 Å². The fourth-order valence-electron chi connectivity index (χ4n) is 1.97. The first-order valence-corrected chi connectivity index (χ1v) is 5.92. The van der Waals surface area contributed by atoms with E-state index in [0.717, 1.165) is 23.1 Å². The Balaban J connectivity index is 2.02. The molecular formula is C15H9F3N2. The van der Waals surface area contributed by atoms with Gasteiger partial charge in [-0.2, -0.15) is 13.2 Å². The molecule has 0 aliphatic carbocycles. The van der Waals surface area contributed by atoms with Crippen molar-refractivity contribution in [3.8, 4) is 11.1 Å². The van der Waals surface area contributed by atoms with Crippen LogP contribution in [0.25, 0.3) is 22.2 Å². The largest absolute Gasteiger partial charge is 0.416 e. The molecule has 5 heteroatoms. The van der Waals surface area contributed by atoms with Crippen molar-refractivity contribution in [2.45, 2.75) is 6.18 Å². The Hall–Kier alpha value is -2.43. The van der Waals surface area contributed by atoms with Crippen molar-refractivity contribution in [3.05, 3.63) is 60.4 Å². The maximum atomic E-state index is 12.5. The van der Waals surface area contributed by atoms with E-state index in [0.29, 0.717) is 11.2 Å². The molecule has 0 N–H and O–H groups in total. The lowest BCUT2D eigenvalue weighted by Gasteiger charge is -2.08. The van der Waals surface area contributed by atoms with Crippen molar-refractivity contribution in [1.82, 2.24) is 9.97 Å². The first kappa shape index (κ1) is 12.6. The lowest BCUT2D eigenvalue weighted by atomic mass is 10.0. The number of alkyl halides is 3. The molecule has 0 aliphatic heterocycles. The number of pyridine rings is 2. The first-order valence-electron chi connectivity index (χ1n) is 5.92. The van der Waals surface area contributed by atoms with Gasteiger partial charge in [0.1, 0.15) is 0 Å². The van der Waals surface area contributed by atoms with Crippen molar-refractivity contribution in [2.24, 2.45) is 0 Å². The molecular weight excluding hydrogens is 265 g/mol. The standard InChI is InChI=1S/C15H9F3N2/c16-15(17,18)13-5-3-10(4-6-13)12-8-11-2-1-7-19-14(11)20-9-12/h1-9H. The lowest BCUT2D eigenvalue weighted by molar-refractivity contribution is -0.137. The molecule has 2 nitrogen and oxygen atoms in total. The molecule has 2 aromatic heterocycles. The third kappa shape index (κ3) is 2.34. The van der Waals surface area contributed by atoms with Crippen molar-refractivity contribution < 1.29 is 13.2 Å². The number of nitrogens with zero attached hydrogens (tertiary/aromatic N) is 2. The van der Waals surface area contributed by atoms with Crippen molar-refractivity contribution in [2.75, 3.05) is 0 Å². The van der Waals surface area contributed by atoms with E-state index in [1.54, 1.807) is 18.5 Å². The van der Waals surface area contributed by atoms with E-state index in [9.17, 15) is 13.2 Å². The number of hydrogen-bond donors (Lipinski definition) is 0. The van der Waals surface area contributed by atoms with Crippen LogP contribution in [0.2, 0.25) is 0 Å². The third-order valence-electron chi connectivity index (χ3n) is 3.00. The van der Waals surface area contributed by atoms with Crippen LogP contribution in [-0.2, 0) is 6.18 Å². The summed E-state index contributed by atoms with van der Waals surface area (Å²) in [7, 11) is 0. The highest BCUT2D eigenvalue weighted by molar-refractivity contribution is 5.80. The summed E-state index contributed by atoms with van der Waals surface area (Å²) in [6.07, 6.45) is -1.06. The molecule has 0 atom stereocenters. The first-order chi connectivity index (χ1) is 9.54. The second-order valence-corrected chi connectivity index (χ2v) is 4.35. The van der Waals surface area contributed by atoms with Gasteiger partial charge in [-0.1, -0.05) is 12.1 Å². The maximum absolute atomic E-state index is 12.5. The molecule has 3 rings (SSSR count). The second kappa shape index (κ2) is 4.59. The van der Waals surface area contributed by atoms with E-state index in [4.69, 9.17) is 0 Å². The molecule has 0 radical (unpaired) electrons. The van der Waals surface area contributed by atoms with E-state index in [1.807, 2.05) is 12.1 Å². The minimum atomic E-state index is -4.32. The quantitative estimate of drug-likeness (QED) is 0.660. The van der Waals surface area contributed by atoms with Gasteiger partial charge in [0.05, 0.1) is 5.56 Å². The topological polar surface area (TPSA) is 25.8 Å². The number of rotatable bonds is 1. The summed E-state index contributed by atoms with van der Waals surface area (Å²) >= 11 is 0. The van der Waals surface area contributed by atoms with Crippen LogP contribution in [0.1, 0.15) is 5.56 Å². The Labute approximate surface area is 112 Å². The highest BCUT2D eigenvalue weighted by Gasteiger charge is 2.29. The molecule has 3 aromatic rings. The van der Waals surface area contributed by atoms with Crippen LogP contribution in [0.15, 0.2) is 54.9 Å². The summed E-state index contributed by atoms with van der Waals surface area (Å²) in [5.41, 5.74) is 1.41. The molecule has 0 saturated carbocycles. The number of aromatic nitrogens is 2. The highest BCUT2D eigenvalue weighted by Crippen LogP contribution is 2.31. The van der Waals surface area contributed by atoms with Crippen LogP contribution < -0.4 is 0 Å². The zero-order valence-corrected chi connectivity index (χ0v) is 10.2.